The summed E-state index contributed by atoms with van der Waals surface area (Å²) in [6, 6.07) is 7.74. The van der Waals surface area contributed by atoms with Crippen LogP contribution in [0.2, 0.25) is 0 Å². The molecule has 5 N–H and O–H groups in total. The predicted molar refractivity (Wildman–Crippen MR) is 179 cm³/mol. The quantitative estimate of drug-likeness (QED) is 0.153. The largest absolute Gasteiger partial charge is 0.494 e. The molecule has 0 bridgehead atoms. The summed E-state index contributed by atoms with van der Waals surface area (Å²) in [5.41, 5.74) is 11.5. The van der Waals surface area contributed by atoms with Gasteiger partial charge in [0.15, 0.2) is 0 Å². The Balaban J connectivity index is 1.53. The van der Waals surface area contributed by atoms with E-state index in [9.17, 15) is 4.79 Å². The van der Waals surface area contributed by atoms with E-state index in [0.29, 0.717) is 46.3 Å². The van der Waals surface area contributed by atoms with Crippen molar-refractivity contribution in [2.24, 2.45) is 10.7 Å². The number of anilines is 5. The van der Waals surface area contributed by atoms with Crippen LogP contribution in [0.5, 0.6) is 5.75 Å². The van der Waals surface area contributed by atoms with E-state index in [2.05, 4.69) is 65.2 Å². The fourth-order valence-electron chi connectivity index (χ4n) is 4.85. The van der Waals surface area contributed by atoms with E-state index in [1.54, 1.807) is 39.0 Å². The molecule has 43 heavy (non-hydrogen) atoms. The second-order valence-electron chi connectivity index (χ2n) is 9.77. The molecule has 1 amide bonds. The first kappa shape index (κ1) is 30.1. The lowest BCUT2D eigenvalue weighted by atomic mass is 10.0. The van der Waals surface area contributed by atoms with Gasteiger partial charge in [-0.05, 0) is 47.5 Å². The summed E-state index contributed by atoms with van der Waals surface area (Å²) in [5, 5.41) is 10.8. The first-order chi connectivity index (χ1) is 20.8. The Morgan fingerprint density at radius 2 is 2.00 bits per heavy atom. The van der Waals surface area contributed by atoms with E-state index < -0.39 is 7.92 Å². The number of amides is 1. The minimum absolute atomic E-state index is 0.0515. The normalized spacial score (nSPS) is 14.0. The minimum Gasteiger partial charge on any atom is -0.494 e. The van der Waals surface area contributed by atoms with Crippen LogP contribution in [0.25, 0.3) is 16.6 Å². The molecule has 0 unspecified atom stereocenters. The number of ether oxygens (including phenoxy) is 1. The number of nitrogens with two attached hydrogens (primary N) is 1. The van der Waals surface area contributed by atoms with Gasteiger partial charge in [0.1, 0.15) is 11.6 Å². The highest BCUT2D eigenvalue weighted by atomic mass is 79.9. The van der Waals surface area contributed by atoms with Crippen LogP contribution in [-0.4, -0.2) is 79.2 Å². The van der Waals surface area contributed by atoms with E-state index in [1.807, 2.05) is 29.2 Å². The van der Waals surface area contributed by atoms with Gasteiger partial charge in [0, 0.05) is 85.0 Å². The number of methoxy groups -OCH3 is 1. The first-order valence-electron chi connectivity index (χ1n) is 13.4. The van der Waals surface area contributed by atoms with Crippen molar-refractivity contribution in [2.75, 3.05) is 62.7 Å². The Morgan fingerprint density at radius 3 is 2.72 bits per heavy atom. The third-order valence-corrected chi connectivity index (χ3v) is 8.69. The Kier molecular flexibility index (Phi) is 9.32. The van der Waals surface area contributed by atoms with Crippen LogP contribution in [0.4, 0.5) is 28.8 Å². The van der Waals surface area contributed by atoms with Crippen molar-refractivity contribution in [3.8, 4) is 5.75 Å². The van der Waals surface area contributed by atoms with Gasteiger partial charge in [-0.3, -0.25) is 19.8 Å². The molecule has 1 aliphatic rings. The second kappa shape index (κ2) is 13.3. The number of nitrogens with one attached hydrogen (secondary N) is 3. The molecule has 1 fully saturated rings. The Labute approximate surface area is 259 Å². The van der Waals surface area contributed by atoms with Crippen molar-refractivity contribution in [1.29, 1.82) is 0 Å². The molecule has 0 atom stereocenters. The lowest BCUT2D eigenvalue weighted by molar-refractivity contribution is -0.120. The first-order valence-corrected chi connectivity index (χ1v) is 16.4. The molecule has 0 spiro atoms. The maximum atomic E-state index is 12.2. The van der Waals surface area contributed by atoms with Crippen LogP contribution in [0, 0.1) is 0 Å². The van der Waals surface area contributed by atoms with Gasteiger partial charge in [0.2, 0.25) is 11.9 Å². The van der Waals surface area contributed by atoms with E-state index in [1.165, 1.54) is 6.20 Å². The van der Waals surface area contributed by atoms with E-state index in [0.717, 1.165) is 33.3 Å². The SMILES string of the molecule is CN=CC(=CN)c1cc(Nc2ncc(Br)c(Nc3ccc4nccnc4c3P(C)C)n2)c(OC)cc1N1CCNC(=O)C1. The van der Waals surface area contributed by atoms with Crippen LogP contribution >= 0.6 is 23.9 Å². The van der Waals surface area contributed by atoms with Gasteiger partial charge in [0.25, 0.3) is 0 Å². The van der Waals surface area contributed by atoms with Gasteiger partial charge in [0.05, 0.1) is 34.8 Å². The highest BCUT2D eigenvalue weighted by Gasteiger charge is 2.23. The molecular weight excluding hydrogens is 631 g/mol. The summed E-state index contributed by atoms with van der Waals surface area (Å²) < 4.78 is 6.46. The van der Waals surface area contributed by atoms with Crippen molar-refractivity contribution in [1.82, 2.24) is 25.3 Å². The number of carbonyl (C=O) groups is 1. The average molecular weight is 664 g/mol. The molecule has 1 saturated heterocycles. The van der Waals surface area contributed by atoms with E-state index in [-0.39, 0.29) is 12.5 Å². The molecule has 3 heterocycles. The maximum Gasteiger partial charge on any atom is 0.239 e. The van der Waals surface area contributed by atoms with Crippen molar-refractivity contribution in [3.05, 3.63) is 59.1 Å². The number of benzene rings is 2. The summed E-state index contributed by atoms with van der Waals surface area (Å²) >= 11 is 3.59. The van der Waals surface area contributed by atoms with Crippen LogP contribution < -0.4 is 36.6 Å². The Hall–Kier alpha value is -4.35. The zero-order valence-electron chi connectivity index (χ0n) is 24.2. The average Bonchev–Trinajstić information content (AvgIpc) is 3.01. The highest BCUT2D eigenvalue weighted by Crippen LogP contribution is 2.39. The van der Waals surface area contributed by atoms with Gasteiger partial charge in [-0.2, -0.15) is 4.98 Å². The second-order valence-corrected chi connectivity index (χ2v) is 12.9. The minimum atomic E-state index is -0.514. The van der Waals surface area contributed by atoms with Gasteiger partial charge in [-0.25, -0.2) is 4.98 Å². The fourth-order valence-corrected chi connectivity index (χ4v) is 6.35. The lowest BCUT2D eigenvalue weighted by Crippen LogP contribution is -2.48. The third kappa shape index (κ3) is 6.52. The monoisotopic (exact) mass is 662 g/mol. The predicted octanol–water partition coefficient (Wildman–Crippen LogP) is 3.98. The number of piperazine rings is 1. The number of fused-ring (bicyclic) bond motifs is 1. The van der Waals surface area contributed by atoms with E-state index >= 15 is 0 Å². The van der Waals surface area contributed by atoms with Crippen LogP contribution in [0.15, 0.2) is 58.5 Å². The fraction of sp³-hybridized carbons (Fsp3) is 0.241. The van der Waals surface area contributed by atoms with Crippen LogP contribution in [0.1, 0.15) is 5.56 Å². The molecule has 0 radical (unpaired) electrons. The standard InChI is InChI=1S/C29H32BrN10O2P/c1-32-14-17(13-31)18-11-22(24(42-2)12-23(18)40-10-9-34-25(41)16-40)38-29-36-15-19(30)28(39-29)37-21-6-5-20-26(27(21)43(3)4)35-8-7-33-20/h5-8,11-15H,9-10,16,31H2,1-4H3,(H,34,41)(H2,36,37,38,39). The number of allylic oxidation sites excluding steroid dienone is 1. The molecule has 2 aromatic heterocycles. The number of nitrogens with zero attached hydrogens (tertiary/aromatic N) is 6. The van der Waals surface area contributed by atoms with Gasteiger partial charge < -0.3 is 31.3 Å². The molecule has 5 rings (SSSR count). The number of rotatable bonds is 9. The zero-order chi connectivity index (χ0) is 30.5. The molecule has 0 saturated carbocycles. The summed E-state index contributed by atoms with van der Waals surface area (Å²) in [4.78, 5) is 36.7. The molecule has 1 aliphatic heterocycles. The topological polar surface area (TPSA) is 156 Å². The number of hydrogen-bond acceptors (Lipinski definition) is 11. The number of aliphatic imine (C=N–C) groups is 1. The molecule has 14 heteroatoms. The molecule has 222 valence electrons. The zero-order valence-corrected chi connectivity index (χ0v) is 26.7. The van der Waals surface area contributed by atoms with Crippen molar-refractivity contribution >= 4 is 86.7 Å². The Bertz CT molecular complexity index is 1730. The number of halogens is 1. The van der Waals surface area contributed by atoms with Crippen LogP contribution in [-0.2, 0) is 4.79 Å². The van der Waals surface area contributed by atoms with Gasteiger partial charge in [-0.1, -0.05) is 7.92 Å². The molecule has 0 aliphatic carbocycles. The van der Waals surface area contributed by atoms with Crippen LogP contribution in [0.3, 0.4) is 0 Å². The summed E-state index contributed by atoms with van der Waals surface area (Å²) in [7, 11) is 2.76. The van der Waals surface area contributed by atoms with Gasteiger partial charge in [-0.15, -0.1) is 0 Å². The summed E-state index contributed by atoms with van der Waals surface area (Å²) in [5.74, 6) is 1.42. The third-order valence-electron chi connectivity index (χ3n) is 6.76. The van der Waals surface area contributed by atoms with E-state index in [4.69, 9.17) is 15.5 Å². The molecule has 12 nitrogen and oxygen atoms in total. The van der Waals surface area contributed by atoms with Crippen molar-refractivity contribution < 1.29 is 9.53 Å². The molecule has 2 aromatic carbocycles. The molecule has 4 aromatic rings. The van der Waals surface area contributed by atoms with Crippen molar-refractivity contribution in [2.45, 2.75) is 0 Å². The summed E-state index contributed by atoms with van der Waals surface area (Å²) in [6.45, 7) is 5.76. The number of carbonyl (C=O) groups excluding carboxylic acids is 1. The highest BCUT2D eigenvalue weighted by molar-refractivity contribution is 9.10. The summed E-state index contributed by atoms with van der Waals surface area (Å²) in [6.07, 6.45) is 8.26. The smallest absolute Gasteiger partial charge is 0.239 e. The Morgan fingerprint density at radius 1 is 1.19 bits per heavy atom. The number of aromatic nitrogens is 4. The van der Waals surface area contributed by atoms with Crippen molar-refractivity contribution in [3.63, 3.8) is 0 Å². The number of hydrogen-bond donors (Lipinski definition) is 4. The molecular formula is C29H32BrN10O2P. The van der Waals surface area contributed by atoms with Gasteiger partial charge >= 0.3 is 0 Å². The lowest BCUT2D eigenvalue weighted by Gasteiger charge is -2.31. The maximum absolute atomic E-state index is 12.2.